The molecule has 198 valence electrons. The Morgan fingerprint density at radius 1 is 0.943 bits per heavy atom. The summed E-state index contributed by atoms with van der Waals surface area (Å²) in [4.78, 5) is 15.4. The van der Waals surface area contributed by atoms with E-state index in [4.69, 9.17) is 10.00 Å². The van der Waals surface area contributed by atoms with Crippen molar-refractivity contribution in [1.29, 1.82) is 5.26 Å². The number of hydrogen-bond donors (Lipinski definition) is 3. The Morgan fingerprint density at radius 3 is 2.26 bits per heavy atom. The molecule has 0 radical (unpaired) electrons. The maximum atomic E-state index is 13.4. The lowest BCUT2D eigenvalue weighted by molar-refractivity contribution is -0.137. The van der Waals surface area contributed by atoms with Crippen molar-refractivity contribution in [3.63, 3.8) is 0 Å². The van der Waals surface area contributed by atoms with Crippen LogP contribution in [-0.4, -0.2) is 62.5 Å². The smallest absolute Gasteiger partial charge is 0.225 e. The van der Waals surface area contributed by atoms with E-state index in [1.54, 1.807) is 0 Å². The molecule has 0 aromatic rings. The van der Waals surface area contributed by atoms with Crippen LogP contribution in [0.5, 0.6) is 0 Å². The fraction of sp³-hybridized carbons (Fsp3) is 0.929. The highest BCUT2D eigenvalue weighted by molar-refractivity contribution is 5.79. The van der Waals surface area contributed by atoms with Gasteiger partial charge in [0.25, 0.3) is 0 Å². The molecule has 3 aliphatic carbocycles. The molecule has 1 amide bonds. The van der Waals surface area contributed by atoms with Crippen molar-refractivity contribution in [3.05, 3.63) is 0 Å². The number of ether oxygens (including phenoxy) is 1. The Bertz CT molecular complexity index is 667. The van der Waals surface area contributed by atoms with Crippen LogP contribution < -0.4 is 16.0 Å². The lowest BCUT2D eigenvalue weighted by atomic mass is 9.78. The molecule has 7 heteroatoms. The van der Waals surface area contributed by atoms with E-state index in [9.17, 15) is 4.79 Å². The minimum atomic E-state index is 0.134. The van der Waals surface area contributed by atoms with Crippen LogP contribution >= 0.6 is 0 Å². The average Bonchev–Trinajstić information content (AvgIpc) is 2.92. The predicted octanol–water partition coefficient (Wildman–Crippen LogP) is 3.76. The van der Waals surface area contributed by atoms with Gasteiger partial charge in [-0.05, 0) is 82.0 Å². The van der Waals surface area contributed by atoms with Gasteiger partial charge in [-0.3, -0.25) is 20.7 Å². The number of carbonyl (C=O) groups excluding carboxylic acids is 1. The van der Waals surface area contributed by atoms with E-state index in [0.717, 1.165) is 51.2 Å². The molecule has 0 spiro atoms. The molecule has 0 bridgehead atoms. The largest absolute Gasteiger partial charge is 0.381 e. The van der Waals surface area contributed by atoms with Crippen molar-refractivity contribution in [3.8, 4) is 6.07 Å². The lowest BCUT2D eigenvalue weighted by Gasteiger charge is -2.41. The van der Waals surface area contributed by atoms with Crippen LogP contribution in [0.4, 0.5) is 0 Å². The maximum Gasteiger partial charge on any atom is 0.225 e. The van der Waals surface area contributed by atoms with E-state index in [1.165, 1.54) is 57.8 Å². The third-order valence-corrected chi connectivity index (χ3v) is 9.37. The minimum absolute atomic E-state index is 0.134. The van der Waals surface area contributed by atoms with Gasteiger partial charge in [-0.1, -0.05) is 19.3 Å². The summed E-state index contributed by atoms with van der Waals surface area (Å²) >= 11 is 0. The summed E-state index contributed by atoms with van der Waals surface area (Å²) < 4.78 is 5.54. The lowest BCUT2D eigenvalue weighted by Crippen LogP contribution is -2.63. The molecule has 0 unspecified atom stereocenters. The minimum Gasteiger partial charge on any atom is -0.381 e. The first kappa shape index (κ1) is 26.9. The van der Waals surface area contributed by atoms with Crippen molar-refractivity contribution in [2.24, 2.45) is 23.7 Å². The monoisotopic (exact) mass is 487 g/mol. The maximum absolute atomic E-state index is 13.4. The highest BCUT2D eigenvalue weighted by Gasteiger charge is 2.34. The highest BCUT2D eigenvalue weighted by atomic mass is 16.5. The fourth-order valence-electron chi connectivity index (χ4n) is 7.09. The molecular weight excluding hydrogens is 438 g/mol. The van der Waals surface area contributed by atoms with Crippen LogP contribution in [0.25, 0.3) is 0 Å². The zero-order valence-electron chi connectivity index (χ0n) is 22.0. The van der Waals surface area contributed by atoms with Gasteiger partial charge in [-0.2, -0.15) is 5.26 Å². The molecule has 0 aromatic carbocycles. The zero-order chi connectivity index (χ0) is 24.5. The highest BCUT2D eigenvalue weighted by Crippen LogP contribution is 2.32. The summed E-state index contributed by atoms with van der Waals surface area (Å²) in [6, 6.07) is 2.71. The van der Waals surface area contributed by atoms with Crippen LogP contribution in [0, 0.1) is 35.0 Å². The number of hydrogen-bond acceptors (Lipinski definition) is 6. The second kappa shape index (κ2) is 13.9. The molecule has 7 nitrogen and oxygen atoms in total. The molecule has 3 saturated carbocycles. The number of methoxy groups -OCH3 is 1. The molecule has 1 aliphatic heterocycles. The molecule has 3 N–H and O–H groups in total. The van der Waals surface area contributed by atoms with Crippen molar-refractivity contribution in [2.45, 2.75) is 108 Å². The topological polar surface area (TPSA) is 89.4 Å². The van der Waals surface area contributed by atoms with Gasteiger partial charge in [0.05, 0.1) is 18.6 Å². The van der Waals surface area contributed by atoms with E-state index >= 15 is 0 Å². The van der Waals surface area contributed by atoms with Crippen molar-refractivity contribution in [1.82, 2.24) is 20.9 Å². The SMILES string of the molecule is COC1CCC(C2CNC(NC3CCC(C(=O)N(CCC#N)CC4CCCCC4)CC3)NC2)CC1. The van der Waals surface area contributed by atoms with Crippen molar-refractivity contribution >= 4 is 5.91 Å². The van der Waals surface area contributed by atoms with Crippen LogP contribution in [0.3, 0.4) is 0 Å². The molecule has 4 rings (SSSR count). The average molecular weight is 488 g/mol. The summed E-state index contributed by atoms with van der Waals surface area (Å²) in [6.07, 6.45) is 16.5. The third-order valence-electron chi connectivity index (χ3n) is 9.37. The Kier molecular flexibility index (Phi) is 10.7. The van der Waals surface area contributed by atoms with Crippen LogP contribution in [0.1, 0.15) is 89.9 Å². The van der Waals surface area contributed by atoms with Gasteiger partial charge < -0.3 is 9.64 Å². The number of amides is 1. The van der Waals surface area contributed by atoms with Gasteiger partial charge in [-0.15, -0.1) is 0 Å². The molecule has 0 atom stereocenters. The van der Waals surface area contributed by atoms with Gasteiger partial charge in [-0.25, -0.2) is 0 Å². The first-order valence-corrected chi connectivity index (χ1v) is 14.6. The number of nitriles is 1. The summed E-state index contributed by atoms with van der Waals surface area (Å²) in [5.74, 6) is 2.59. The summed E-state index contributed by atoms with van der Waals surface area (Å²) in [7, 11) is 1.84. The van der Waals surface area contributed by atoms with Crippen LogP contribution in [0.2, 0.25) is 0 Å². The number of nitrogens with one attached hydrogen (secondary N) is 3. The Labute approximate surface area is 213 Å². The Hall–Kier alpha value is -1.20. The van der Waals surface area contributed by atoms with Crippen molar-refractivity contribution < 1.29 is 9.53 Å². The number of rotatable bonds is 9. The molecule has 1 heterocycles. The second-order valence-corrected chi connectivity index (χ2v) is 11.7. The molecule has 1 saturated heterocycles. The van der Waals surface area contributed by atoms with E-state index < -0.39 is 0 Å². The molecular formula is C28H49N5O2. The second-order valence-electron chi connectivity index (χ2n) is 11.7. The van der Waals surface area contributed by atoms with Gasteiger partial charge >= 0.3 is 0 Å². The van der Waals surface area contributed by atoms with E-state index in [2.05, 4.69) is 22.0 Å². The fourth-order valence-corrected chi connectivity index (χ4v) is 7.09. The first-order valence-electron chi connectivity index (χ1n) is 14.6. The van der Waals surface area contributed by atoms with E-state index in [1.807, 2.05) is 12.0 Å². The molecule has 0 aromatic heterocycles. The number of nitrogens with zero attached hydrogens (tertiary/aromatic N) is 2. The first-order chi connectivity index (χ1) is 17.2. The number of carbonyl (C=O) groups is 1. The van der Waals surface area contributed by atoms with Gasteiger partial charge in [0.15, 0.2) is 0 Å². The van der Waals surface area contributed by atoms with E-state index in [0.29, 0.717) is 42.9 Å². The normalized spacial score (nSPS) is 34.7. The van der Waals surface area contributed by atoms with Gasteiger partial charge in [0, 0.05) is 45.2 Å². The summed E-state index contributed by atoms with van der Waals surface area (Å²) in [5, 5.41) is 20.3. The van der Waals surface area contributed by atoms with E-state index in [-0.39, 0.29) is 12.2 Å². The quantitative estimate of drug-likeness (QED) is 0.459. The van der Waals surface area contributed by atoms with Crippen LogP contribution in [-0.2, 0) is 9.53 Å². The third kappa shape index (κ3) is 7.89. The molecule has 4 aliphatic rings. The summed E-state index contributed by atoms with van der Waals surface area (Å²) in [6.45, 7) is 3.63. The molecule has 4 fully saturated rings. The van der Waals surface area contributed by atoms with Crippen molar-refractivity contribution in [2.75, 3.05) is 33.3 Å². The molecule has 35 heavy (non-hydrogen) atoms. The summed E-state index contributed by atoms with van der Waals surface area (Å²) in [5.41, 5.74) is 0. The van der Waals surface area contributed by atoms with Gasteiger partial charge in [0.2, 0.25) is 5.91 Å². The zero-order valence-corrected chi connectivity index (χ0v) is 22.0. The standard InChI is InChI=1S/C28H49N5O2/c1-35-26-14-10-22(11-15-26)24-18-30-28(31-19-24)32-25-12-8-23(9-13-25)27(34)33(17-5-16-29)20-21-6-3-2-4-7-21/h21-26,28,30-32H,2-15,17-20H2,1H3. The van der Waals surface area contributed by atoms with Crippen LogP contribution in [0.15, 0.2) is 0 Å². The predicted molar refractivity (Wildman–Crippen MR) is 138 cm³/mol. The Balaban J connectivity index is 1.16. The Morgan fingerprint density at radius 2 is 1.63 bits per heavy atom. The van der Waals surface area contributed by atoms with Gasteiger partial charge in [0.1, 0.15) is 6.29 Å².